The molecule has 1 unspecified atom stereocenters. The third-order valence-electron chi connectivity index (χ3n) is 3.05. The first-order valence-electron chi connectivity index (χ1n) is 5.69. The van der Waals surface area contributed by atoms with Gasteiger partial charge in [-0.1, -0.05) is 0 Å². The summed E-state index contributed by atoms with van der Waals surface area (Å²) in [6, 6.07) is 4.21. The Balaban J connectivity index is 2.39. The van der Waals surface area contributed by atoms with Crippen LogP contribution in [0.4, 0.5) is 10.1 Å². The maximum atomic E-state index is 13.0. The van der Waals surface area contributed by atoms with E-state index in [1.54, 1.807) is 0 Å². The molecule has 1 aromatic carbocycles. The number of amides is 1. The van der Waals surface area contributed by atoms with E-state index < -0.39 is 28.4 Å². The van der Waals surface area contributed by atoms with Crippen molar-refractivity contribution >= 4 is 11.6 Å². The molecule has 1 fully saturated rings. The maximum absolute atomic E-state index is 13.0. The lowest BCUT2D eigenvalue weighted by molar-refractivity contribution is -0.385. The number of nitrogens with zero attached hydrogens (tertiary/aromatic N) is 3. The highest BCUT2D eigenvalue weighted by atomic mass is 19.1. The summed E-state index contributed by atoms with van der Waals surface area (Å²) in [5, 5.41) is 19.8. The molecule has 0 N–H and O–H groups in total. The smallest absolute Gasteiger partial charge is 0.285 e. The second kappa shape index (κ2) is 5.02. The first-order chi connectivity index (χ1) is 9.04. The number of benzene rings is 1. The molecule has 1 aliphatic heterocycles. The Morgan fingerprint density at radius 2 is 2.32 bits per heavy atom. The van der Waals surface area contributed by atoms with Crippen LogP contribution in [0.15, 0.2) is 18.2 Å². The minimum Gasteiger partial charge on any atom is -0.322 e. The van der Waals surface area contributed by atoms with E-state index in [0.717, 1.165) is 12.1 Å². The van der Waals surface area contributed by atoms with Gasteiger partial charge in [0.05, 0.1) is 17.1 Å². The summed E-state index contributed by atoms with van der Waals surface area (Å²) in [6.45, 7) is 0.381. The fourth-order valence-electron chi connectivity index (χ4n) is 2.14. The van der Waals surface area contributed by atoms with Crippen LogP contribution in [0.25, 0.3) is 0 Å². The predicted octanol–water partition coefficient (Wildman–Crippen LogP) is 1.86. The Morgan fingerprint density at radius 1 is 1.58 bits per heavy atom. The Kier molecular flexibility index (Phi) is 3.42. The van der Waals surface area contributed by atoms with Crippen LogP contribution >= 0.6 is 0 Å². The number of carbonyl (C=O) groups is 1. The van der Waals surface area contributed by atoms with E-state index in [-0.39, 0.29) is 5.56 Å². The molecular formula is C12H10FN3O3. The summed E-state index contributed by atoms with van der Waals surface area (Å²) < 4.78 is 13.0. The van der Waals surface area contributed by atoms with Crippen LogP contribution in [0.3, 0.4) is 0 Å². The number of rotatable bonds is 2. The third-order valence-corrected chi connectivity index (χ3v) is 3.05. The molecule has 0 radical (unpaired) electrons. The second-order valence-electron chi connectivity index (χ2n) is 4.20. The fraction of sp³-hybridized carbons (Fsp3) is 0.333. The molecule has 1 atom stereocenters. The van der Waals surface area contributed by atoms with Crippen molar-refractivity contribution in [3.05, 3.63) is 39.7 Å². The lowest BCUT2D eigenvalue weighted by atomic mass is 10.1. The molecular weight excluding hydrogens is 253 g/mol. The Morgan fingerprint density at radius 3 is 2.95 bits per heavy atom. The van der Waals surface area contributed by atoms with Crippen LogP contribution in [-0.2, 0) is 0 Å². The topological polar surface area (TPSA) is 87.2 Å². The van der Waals surface area contributed by atoms with Crippen LogP contribution in [0.1, 0.15) is 23.2 Å². The highest BCUT2D eigenvalue weighted by Gasteiger charge is 2.32. The van der Waals surface area contributed by atoms with E-state index >= 15 is 0 Å². The summed E-state index contributed by atoms with van der Waals surface area (Å²) in [4.78, 5) is 23.5. The molecule has 1 saturated heterocycles. The van der Waals surface area contributed by atoms with Gasteiger partial charge in [0.25, 0.3) is 11.6 Å². The Hall–Kier alpha value is -2.49. The van der Waals surface area contributed by atoms with Crippen molar-refractivity contribution in [2.75, 3.05) is 6.54 Å². The lowest BCUT2D eigenvalue weighted by Crippen LogP contribution is -2.34. The van der Waals surface area contributed by atoms with Gasteiger partial charge in [-0.25, -0.2) is 4.39 Å². The molecule has 0 spiro atoms. The van der Waals surface area contributed by atoms with Crippen molar-refractivity contribution in [3.63, 3.8) is 0 Å². The molecule has 1 heterocycles. The molecule has 2 rings (SSSR count). The zero-order valence-corrected chi connectivity index (χ0v) is 9.88. The number of likely N-dealkylation sites (tertiary alicyclic amines) is 1. The first kappa shape index (κ1) is 13.0. The van der Waals surface area contributed by atoms with Gasteiger partial charge in [-0.15, -0.1) is 0 Å². The normalized spacial score (nSPS) is 18.1. The summed E-state index contributed by atoms with van der Waals surface area (Å²) in [5.74, 6) is -1.38. The van der Waals surface area contributed by atoms with E-state index in [4.69, 9.17) is 5.26 Å². The number of nitro benzene ring substituents is 1. The van der Waals surface area contributed by atoms with Crippen molar-refractivity contribution in [1.29, 1.82) is 5.26 Å². The number of nitriles is 1. The average Bonchev–Trinajstić information content (AvgIpc) is 2.86. The second-order valence-corrected chi connectivity index (χ2v) is 4.20. The monoisotopic (exact) mass is 263 g/mol. The SMILES string of the molecule is N#CC1CCCN1C(=O)c1ccc(F)cc1[N+](=O)[O-]. The summed E-state index contributed by atoms with van der Waals surface area (Å²) in [7, 11) is 0. The summed E-state index contributed by atoms with van der Waals surface area (Å²) in [6.07, 6.45) is 1.23. The van der Waals surface area contributed by atoms with E-state index in [1.807, 2.05) is 6.07 Å². The minimum atomic E-state index is -0.798. The average molecular weight is 263 g/mol. The Bertz CT molecular complexity index is 582. The van der Waals surface area contributed by atoms with Crippen LogP contribution in [0, 0.1) is 27.3 Å². The van der Waals surface area contributed by atoms with Gasteiger partial charge in [0.15, 0.2) is 0 Å². The van der Waals surface area contributed by atoms with Gasteiger partial charge in [0.2, 0.25) is 0 Å². The van der Waals surface area contributed by atoms with Crippen LogP contribution in [0.2, 0.25) is 0 Å². The van der Waals surface area contributed by atoms with E-state index in [1.165, 1.54) is 4.90 Å². The van der Waals surface area contributed by atoms with Crippen LogP contribution in [0.5, 0.6) is 0 Å². The standard InChI is InChI=1S/C12H10FN3O3/c13-8-3-4-10(11(6-8)16(18)19)12(17)15-5-1-2-9(15)7-14/h3-4,6,9H,1-2,5H2. The highest BCUT2D eigenvalue weighted by molar-refractivity contribution is 5.98. The summed E-state index contributed by atoms with van der Waals surface area (Å²) in [5.41, 5.74) is -0.762. The molecule has 0 aromatic heterocycles. The van der Waals surface area contributed by atoms with Gasteiger partial charge in [-0.2, -0.15) is 5.26 Å². The highest BCUT2D eigenvalue weighted by Crippen LogP contribution is 2.25. The molecule has 19 heavy (non-hydrogen) atoms. The fourth-order valence-corrected chi connectivity index (χ4v) is 2.14. The summed E-state index contributed by atoms with van der Waals surface area (Å²) >= 11 is 0. The molecule has 0 saturated carbocycles. The van der Waals surface area contributed by atoms with Crippen molar-refractivity contribution in [3.8, 4) is 6.07 Å². The molecule has 98 valence electrons. The molecule has 1 aromatic rings. The van der Waals surface area contributed by atoms with Gasteiger partial charge in [-0.3, -0.25) is 14.9 Å². The van der Waals surface area contributed by atoms with Crippen LogP contribution < -0.4 is 0 Å². The number of nitro groups is 1. The minimum absolute atomic E-state index is 0.187. The molecule has 1 aliphatic rings. The first-order valence-corrected chi connectivity index (χ1v) is 5.69. The number of hydrogen-bond acceptors (Lipinski definition) is 4. The lowest BCUT2D eigenvalue weighted by Gasteiger charge is -2.19. The Labute approximate surface area is 108 Å². The van der Waals surface area contributed by atoms with Gasteiger partial charge in [0.1, 0.15) is 17.4 Å². The number of carbonyl (C=O) groups excluding carboxylic acids is 1. The molecule has 1 amide bonds. The van der Waals surface area contributed by atoms with Gasteiger partial charge >= 0.3 is 0 Å². The maximum Gasteiger partial charge on any atom is 0.285 e. The zero-order valence-electron chi connectivity index (χ0n) is 9.88. The van der Waals surface area contributed by atoms with Gasteiger partial charge < -0.3 is 4.90 Å². The molecule has 0 aliphatic carbocycles. The van der Waals surface area contributed by atoms with E-state index in [0.29, 0.717) is 25.5 Å². The van der Waals surface area contributed by atoms with Gasteiger partial charge in [0, 0.05) is 6.54 Å². The van der Waals surface area contributed by atoms with E-state index in [2.05, 4.69) is 0 Å². The van der Waals surface area contributed by atoms with E-state index in [9.17, 15) is 19.3 Å². The largest absolute Gasteiger partial charge is 0.322 e. The van der Waals surface area contributed by atoms with Crippen molar-refractivity contribution in [2.45, 2.75) is 18.9 Å². The molecule has 7 heteroatoms. The van der Waals surface area contributed by atoms with Crippen molar-refractivity contribution < 1.29 is 14.1 Å². The van der Waals surface area contributed by atoms with Crippen molar-refractivity contribution in [1.82, 2.24) is 4.90 Å². The van der Waals surface area contributed by atoms with Crippen LogP contribution in [-0.4, -0.2) is 28.3 Å². The zero-order chi connectivity index (χ0) is 14.0. The quantitative estimate of drug-likeness (QED) is 0.601. The van der Waals surface area contributed by atoms with Crippen molar-refractivity contribution in [2.24, 2.45) is 0 Å². The number of halogens is 1. The predicted molar refractivity (Wildman–Crippen MR) is 62.7 cm³/mol. The molecule has 6 nitrogen and oxygen atoms in total. The van der Waals surface area contributed by atoms with Gasteiger partial charge in [-0.05, 0) is 25.0 Å². The third kappa shape index (κ3) is 2.38. The molecule has 0 bridgehead atoms. The number of hydrogen-bond donors (Lipinski definition) is 0.